The van der Waals surface area contributed by atoms with Crippen LogP contribution in [0.5, 0.6) is 0 Å². The second-order valence-electron chi connectivity index (χ2n) is 5.85. The average molecular weight is 249 g/mol. The largest absolute Gasteiger partial charge is 0.301 e. The number of piperidine rings is 1. The molecule has 0 aromatic heterocycles. The zero-order valence-corrected chi connectivity index (χ0v) is 11.7. The highest BCUT2D eigenvalue weighted by Gasteiger charge is 2.21. The Bertz CT molecular complexity index is 392. The van der Waals surface area contributed by atoms with Gasteiger partial charge in [0, 0.05) is 6.04 Å². The van der Waals surface area contributed by atoms with E-state index in [0.29, 0.717) is 6.04 Å². The summed E-state index contributed by atoms with van der Waals surface area (Å²) in [5.74, 6) is 0.621. The SMILES string of the molecule is Cc1ccc(F)cc1CC1CCN(C(C)C)CC1. The van der Waals surface area contributed by atoms with Gasteiger partial charge in [-0.3, -0.25) is 0 Å². The van der Waals surface area contributed by atoms with E-state index in [0.717, 1.165) is 12.3 Å². The first-order valence-electron chi connectivity index (χ1n) is 7.05. The minimum Gasteiger partial charge on any atom is -0.301 e. The second kappa shape index (κ2) is 5.83. The van der Waals surface area contributed by atoms with Crippen molar-refractivity contribution in [1.29, 1.82) is 0 Å². The molecule has 0 amide bonds. The summed E-state index contributed by atoms with van der Waals surface area (Å²) >= 11 is 0. The molecule has 1 aromatic carbocycles. The number of benzene rings is 1. The van der Waals surface area contributed by atoms with Crippen LogP contribution in [-0.4, -0.2) is 24.0 Å². The summed E-state index contributed by atoms with van der Waals surface area (Å²) in [5, 5.41) is 0. The number of nitrogens with zero attached hydrogens (tertiary/aromatic N) is 1. The molecule has 1 heterocycles. The highest BCUT2D eigenvalue weighted by atomic mass is 19.1. The molecule has 1 nitrogen and oxygen atoms in total. The van der Waals surface area contributed by atoms with Gasteiger partial charge in [0.1, 0.15) is 5.82 Å². The van der Waals surface area contributed by atoms with Gasteiger partial charge < -0.3 is 4.90 Å². The molecule has 1 aliphatic heterocycles. The summed E-state index contributed by atoms with van der Waals surface area (Å²) in [5.41, 5.74) is 2.42. The summed E-state index contributed by atoms with van der Waals surface area (Å²) in [4.78, 5) is 2.54. The fraction of sp³-hybridized carbons (Fsp3) is 0.625. The van der Waals surface area contributed by atoms with E-state index in [4.69, 9.17) is 0 Å². The van der Waals surface area contributed by atoms with Crippen LogP contribution in [0.3, 0.4) is 0 Å². The number of hydrogen-bond donors (Lipinski definition) is 0. The third-order valence-electron chi connectivity index (χ3n) is 4.20. The van der Waals surface area contributed by atoms with Crippen molar-refractivity contribution >= 4 is 0 Å². The summed E-state index contributed by atoms with van der Waals surface area (Å²) in [7, 11) is 0. The van der Waals surface area contributed by atoms with Crippen molar-refractivity contribution < 1.29 is 4.39 Å². The number of rotatable bonds is 3. The maximum atomic E-state index is 13.3. The van der Waals surface area contributed by atoms with Crippen molar-refractivity contribution in [3.05, 3.63) is 35.1 Å². The van der Waals surface area contributed by atoms with Crippen molar-refractivity contribution in [2.24, 2.45) is 5.92 Å². The molecule has 1 saturated heterocycles. The molecule has 2 heteroatoms. The van der Waals surface area contributed by atoms with Gasteiger partial charge in [0.05, 0.1) is 0 Å². The predicted octanol–water partition coefficient (Wildman–Crippen LogP) is 3.80. The van der Waals surface area contributed by atoms with Gasteiger partial charge in [0.2, 0.25) is 0 Å². The summed E-state index contributed by atoms with van der Waals surface area (Å²) in [6.07, 6.45) is 3.53. The maximum Gasteiger partial charge on any atom is 0.123 e. The zero-order valence-electron chi connectivity index (χ0n) is 11.7. The third kappa shape index (κ3) is 3.32. The minimum absolute atomic E-state index is 0.102. The lowest BCUT2D eigenvalue weighted by molar-refractivity contribution is 0.149. The molecular weight excluding hydrogens is 225 g/mol. The molecule has 1 aliphatic rings. The monoisotopic (exact) mass is 249 g/mol. The molecule has 1 fully saturated rings. The zero-order chi connectivity index (χ0) is 13.1. The standard InChI is InChI=1S/C16H24FN/c1-12(2)18-8-6-14(7-9-18)10-15-11-16(17)5-4-13(15)3/h4-5,11-12,14H,6-10H2,1-3H3. The number of likely N-dealkylation sites (tertiary alicyclic amines) is 1. The Morgan fingerprint density at radius 3 is 2.56 bits per heavy atom. The van der Waals surface area contributed by atoms with Gasteiger partial charge in [-0.1, -0.05) is 6.07 Å². The molecule has 2 rings (SSSR count). The number of hydrogen-bond acceptors (Lipinski definition) is 1. The molecular formula is C16H24FN. The number of aryl methyl sites for hydroxylation is 1. The highest BCUT2D eigenvalue weighted by molar-refractivity contribution is 5.27. The van der Waals surface area contributed by atoms with E-state index in [2.05, 4.69) is 25.7 Å². The van der Waals surface area contributed by atoms with Crippen molar-refractivity contribution in [3.63, 3.8) is 0 Å². The lowest BCUT2D eigenvalue weighted by Crippen LogP contribution is -2.38. The van der Waals surface area contributed by atoms with Crippen LogP contribution in [0.25, 0.3) is 0 Å². The molecule has 0 N–H and O–H groups in total. The molecule has 0 atom stereocenters. The first-order chi connectivity index (χ1) is 8.56. The van der Waals surface area contributed by atoms with Crippen molar-refractivity contribution in [2.75, 3.05) is 13.1 Å². The van der Waals surface area contributed by atoms with Crippen LogP contribution >= 0.6 is 0 Å². The molecule has 100 valence electrons. The van der Waals surface area contributed by atoms with Crippen LogP contribution in [0, 0.1) is 18.7 Å². The minimum atomic E-state index is -0.102. The Morgan fingerprint density at radius 2 is 1.94 bits per heavy atom. The average Bonchev–Trinajstić information content (AvgIpc) is 2.34. The van der Waals surface area contributed by atoms with Gasteiger partial charge in [-0.2, -0.15) is 0 Å². The lowest BCUT2D eigenvalue weighted by atomic mass is 9.88. The van der Waals surface area contributed by atoms with Gasteiger partial charge >= 0.3 is 0 Å². The van der Waals surface area contributed by atoms with Crippen LogP contribution in [0.4, 0.5) is 4.39 Å². The van der Waals surface area contributed by atoms with Crippen LogP contribution in [0.2, 0.25) is 0 Å². The predicted molar refractivity (Wildman–Crippen MR) is 74.3 cm³/mol. The first-order valence-corrected chi connectivity index (χ1v) is 7.05. The van der Waals surface area contributed by atoms with E-state index in [1.54, 1.807) is 12.1 Å². The first kappa shape index (κ1) is 13.5. The maximum absolute atomic E-state index is 13.3. The van der Waals surface area contributed by atoms with E-state index < -0.39 is 0 Å². The van der Waals surface area contributed by atoms with Crippen LogP contribution in [0.15, 0.2) is 18.2 Å². The Kier molecular flexibility index (Phi) is 4.39. The fourth-order valence-electron chi connectivity index (χ4n) is 2.84. The normalized spacial score (nSPS) is 18.5. The third-order valence-corrected chi connectivity index (χ3v) is 4.20. The molecule has 0 unspecified atom stereocenters. The summed E-state index contributed by atoms with van der Waals surface area (Å²) in [6.45, 7) is 8.99. The van der Waals surface area contributed by atoms with E-state index >= 15 is 0 Å². The van der Waals surface area contributed by atoms with Crippen LogP contribution in [-0.2, 0) is 6.42 Å². The lowest BCUT2D eigenvalue weighted by Gasteiger charge is -2.34. The van der Waals surface area contributed by atoms with Crippen molar-refractivity contribution in [2.45, 2.75) is 46.1 Å². The van der Waals surface area contributed by atoms with Gasteiger partial charge in [0.25, 0.3) is 0 Å². The number of halogens is 1. The second-order valence-corrected chi connectivity index (χ2v) is 5.85. The topological polar surface area (TPSA) is 3.24 Å². The van der Waals surface area contributed by atoms with E-state index in [1.165, 1.54) is 37.1 Å². The van der Waals surface area contributed by atoms with Gasteiger partial charge in [-0.15, -0.1) is 0 Å². The molecule has 18 heavy (non-hydrogen) atoms. The van der Waals surface area contributed by atoms with Gasteiger partial charge in [-0.05, 0) is 82.3 Å². The summed E-state index contributed by atoms with van der Waals surface area (Å²) < 4.78 is 13.3. The van der Waals surface area contributed by atoms with Gasteiger partial charge in [-0.25, -0.2) is 4.39 Å². The van der Waals surface area contributed by atoms with E-state index in [1.807, 2.05) is 6.07 Å². The Morgan fingerprint density at radius 1 is 1.28 bits per heavy atom. The highest BCUT2D eigenvalue weighted by Crippen LogP contribution is 2.24. The van der Waals surface area contributed by atoms with E-state index in [9.17, 15) is 4.39 Å². The van der Waals surface area contributed by atoms with Gasteiger partial charge in [0.15, 0.2) is 0 Å². The van der Waals surface area contributed by atoms with Crippen molar-refractivity contribution in [1.82, 2.24) is 4.90 Å². The molecule has 0 bridgehead atoms. The van der Waals surface area contributed by atoms with E-state index in [-0.39, 0.29) is 5.82 Å². The molecule has 0 radical (unpaired) electrons. The van der Waals surface area contributed by atoms with Crippen LogP contribution < -0.4 is 0 Å². The Balaban J connectivity index is 1.93. The smallest absolute Gasteiger partial charge is 0.123 e. The van der Waals surface area contributed by atoms with Crippen LogP contribution in [0.1, 0.15) is 37.8 Å². The summed E-state index contributed by atoms with van der Waals surface area (Å²) in [6, 6.07) is 5.82. The fourth-order valence-corrected chi connectivity index (χ4v) is 2.84. The molecule has 1 aromatic rings. The van der Waals surface area contributed by atoms with Crippen molar-refractivity contribution in [3.8, 4) is 0 Å². The Labute approximate surface area is 110 Å². The molecule has 0 saturated carbocycles. The molecule has 0 spiro atoms. The quantitative estimate of drug-likeness (QED) is 0.787. The molecule has 0 aliphatic carbocycles. The Hall–Kier alpha value is -0.890.